The van der Waals surface area contributed by atoms with Crippen LogP contribution in [0.4, 0.5) is 0 Å². The molecular weight excluding hydrogens is 268 g/mol. The maximum atomic E-state index is 5.70. The first-order chi connectivity index (χ1) is 10.8. The number of hydrogen-bond acceptors (Lipinski definition) is 1. The molecule has 1 aromatic rings. The average Bonchev–Trinajstić information content (AvgIpc) is 2.99. The fourth-order valence-corrected chi connectivity index (χ4v) is 5.68. The molecule has 0 unspecified atom stereocenters. The smallest absolute Gasteiger partial charge is 0.119 e. The van der Waals surface area contributed by atoms with E-state index in [1.165, 1.54) is 38.5 Å². The molecule has 0 spiro atoms. The molecule has 1 heteroatoms. The molecule has 0 aromatic heterocycles. The Morgan fingerprint density at radius 1 is 1.23 bits per heavy atom. The minimum absolute atomic E-state index is 0.532. The van der Waals surface area contributed by atoms with Crippen molar-refractivity contribution < 1.29 is 4.74 Å². The molecular formula is C21H28O. The topological polar surface area (TPSA) is 9.23 Å². The molecule has 0 radical (unpaired) electrons. The number of aryl methyl sites for hydroxylation is 1. The standard InChI is InChI=1S/C21H28O/c1-3-21-12-5-6-20(21)19-9-7-15-14-16(22-4-2)8-10-17(15)18(19)11-13-21/h5,8,10,12,14,18-20H,3-4,6-7,9,11,13H2,1-2H3/t18-,19-,20+,21+/m1/s1. The maximum absolute atomic E-state index is 5.70. The first-order valence-electron chi connectivity index (χ1n) is 9.20. The lowest BCUT2D eigenvalue weighted by molar-refractivity contribution is 0.0654. The zero-order valence-corrected chi connectivity index (χ0v) is 14.0. The zero-order chi connectivity index (χ0) is 15.2. The van der Waals surface area contributed by atoms with Crippen molar-refractivity contribution in [2.24, 2.45) is 17.3 Å². The molecule has 4 rings (SSSR count). The van der Waals surface area contributed by atoms with E-state index < -0.39 is 0 Å². The van der Waals surface area contributed by atoms with Gasteiger partial charge in [0.15, 0.2) is 0 Å². The molecule has 4 atom stereocenters. The predicted octanol–water partition coefficient (Wildman–Crippen LogP) is 5.50. The Hall–Kier alpha value is -1.24. The van der Waals surface area contributed by atoms with Gasteiger partial charge in [-0.15, -0.1) is 0 Å². The Bertz CT molecular complexity index is 588. The highest BCUT2D eigenvalue weighted by molar-refractivity contribution is 5.41. The van der Waals surface area contributed by atoms with E-state index in [9.17, 15) is 0 Å². The number of benzene rings is 1. The van der Waals surface area contributed by atoms with Crippen LogP contribution in [-0.4, -0.2) is 6.61 Å². The van der Waals surface area contributed by atoms with Gasteiger partial charge in [-0.1, -0.05) is 25.1 Å². The normalized spacial score (nSPS) is 35.6. The Morgan fingerprint density at radius 3 is 2.95 bits per heavy atom. The molecule has 1 aromatic carbocycles. The van der Waals surface area contributed by atoms with Crippen molar-refractivity contribution >= 4 is 0 Å². The van der Waals surface area contributed by atoms with Gasteiger partial charge in [0.05, 0.1) is 6.61 Å². The molecule has 0 saturated heterocycles. The van der Waals surface area contributed by atoms with Gasteiger partial charge in [0.1, 0.15) is 5.75 Å². The van der Waals surface area contributed by atoms with Gasteiger partial charge in [-0.2, -0.15) is 0 Å². The molecule has 3 aliphatic rings. The second-order valence-corrected chi connectivity index (χ2v) is 7.47. The van der Waals surface area contributed by atoms with Gasteiger partial charge in [-0.25, -0.2) is 0 Å². The lowest BCUT2D eigenvalue weighted by atomic mass is 9.54. The summed E-state index contributed by atoms with van der Waals surface area (Å²) in [5, 5.41) is 0. The van der Waals surface area contributed by atoms with Crippen molar-refractivity contribution in [3.63, 3.8) is 0 Å². The van der Waals surface area contributed by atoms with Gasteiger partial charge < -0.3 is 4.74 Å². The van der Waals surface area contributed by atoms with Crippen molar-refractivity contribution in [3.8, 4) is 5.75 Å². The third-order valence-corrected chi connectivity index (χ3v) is 6.76. The summed E-state index contributed by atoms with van der Waals surface area (Å²) in [6.45, 7) is 5.22. The van der Waals surface area contributed by atoms with E-state index in [0.717, 1.165) is 30.1 Å². The fraction of sp³-hybridized carbons (Fsp3) is 0.619. The molecule has 0 amide bonds. The van der Waals surface area contributed by atoms with Crippen LogP contribution in [0.5, 0.6) is 5.75 Å². The Morgan fingerprint density at radius 2 is 2.14 bits per heavy atom. The highest BCUT2D eigenvalue weighted by atomic mass is 16.5. The van der Waals surface area contributed by atoms with Gasteiger partial charge in [-0.05, 0) is 91.9 Å². The molecule has 118 valence electrons. The summed E-state index contributed by atoms with van der Waals surface area (Å²) in [5.74, 6) is 3.65. The van der Waals surface area contributed by atoms with Crippen molar-refractivity contribution in [2.75, 3.05) is 6.61 Å². The number of rotatable bonds is 3. The summed E-state index contributed by atoms with van der Waals surface area (Å²) >= 11 is 0. The third kappa shape index (κ3) is 2.05. The highest BCUT2D eigenvalue weighted by Crippen LogP contribution is 2.60. The van der Waals surface area contributed by atoms with Crippen LogP contribution in [0.2, 0.25) is 0 Å². The minimum Gasteiger partial charge on any atom is -0.494 e. The molecule has 0 bridgehead atoms. The van der Waals surface area contributed by atoms with Crippen molar-refractivity contribution in [2.45, 2.75) is 58.3 Å². The first kappa shape index (κ1) is 14.4. The summed E-state index contributed by atoms with van der Waals surface area (Å²) in [5.41, 5.74) is 3.72. The van der Waals surface area contributed by atoms with Gasteiger partial charge >= 0.3 is 0 Å². The van der Waals surface area contributed by atoms with Crippen LogP contribution in [-0.2, 0) is 6.42 Å². The molecule has 1 fully saturated rings. The molecule has 1 saturated carbocycles. The second kappa shape index (κ2) is 5.44. The van der Waals surface area contributed by atoms with Gasteiger partial charge in [0, 0.05) is 0 Å². The second-order valence-electron chi connectivity index (χ2n) is 7.47. The lowest BCUT2D eigenvalue weighted by Crippen LogP contribution is -2.40. The monoisotopic (exact) mass is 296 g/mol. The maximum Gasteiger partial charge on any atom is 0.119 e. The Kier molecular flexibility index (Phi) is 3.55. The van der Waals surface area contributed by atoms with E-state index in [-0.39, 0.29) is 0 Å². The van der Waals surface area contributed by atoms with Crippen LogP contribution in [0.25, 0.3) is 0 Å². The average molecular weight is 296 g/mol. The largest absolute Gasteiger partial charge is 0.494 e. The SMILES string of the molecule is CCOc1ccc2c(c1)CC[C@@H]1[C@@H]2CC[C@]2(CC)C=CC[C@@H]12. The molecule has 0 aliphatic heterocycles. The molecule has 22 heavy (non-hydrogen) atoms. The van der Waals surface area contributed by atoms with E-state index in [0.29, 0.717) is 5.41 Å². The highest BCUT2D eigenvalue weighted by Gasteiger charge is 2.49. The molecule has 1 nitrogen and oxygen atoms in total. The minimum atomic E-state index is 0.532. The summed E-state index contributed by atoms with van der Waals surface area (Å²) in [7, 11) is 0. The van der Waals surface area contributed by atoms with Crippen LogP contribution in [0.1, 0.15) is 63.0 Å². The van der Waals surface area contributed by atoms with Gasteiger partial charge in [-0.3, -0.25) is 0 Å². The van der Waals surface area contributed by atoms with E-state index >= 15 is 0 Å². The number of ether oxygens (including phenoxy) is 1. The Labute approximate surface area is 134 Å². The Balaban J connectivity index is 1.65. The van der Waals surface area contributed by atoms with Crippen LogP contribution in [0, 0.1) is 17.3 Å². The summed E-state index contributed by atoms with van der Waals surface area (Å²) in [6.07, 6.45) is 13.1. The van der Waals surface area contributed by atoms with Crippen molar-refractivity contribution in [3.05, 3.63) is 41.5 Å². The van der Waals surface area contributed by atoms with E-state index in [2.05, 4.69) is 44.2 Å². The van der Waals surface area contributed by atoms with E-state index in [1.807, 2.05) is 0 Å². The van der Waals surface area contributed by atoms with E-state index in [4.69, 9.17) is 4.74 Å². The van der Waals surface area contributed by atoms with Gasteiger partial charge in [0.25, 0.3) is 0 Å². The summed E-state index contributed by atoms with van der Waals surface area (Å²) in [6, 6.07) is 6.88. The number of hydrogen-bond donors (Lipinski definition) is 0. The first-order valence-corrected chi connectivity index (χ1v) is 9.20. The lowest BCUT2D eigenvalue weighted by Gasteiger charge is -2.50. The number of fused-ring (bicyclic) bond motifs is 5. The van der Waals surface area contributed by atoms with Crippen LogP contribution in [0.3, 0.4) is 0 Å². The van der Waals surface area contributed by atoms with Crippen molar-refractivity contribution in [1.82, 2.24) is 0 Å². The molecule has 3 aliphatic carbocycles. The number of allylic oxidation sites excluding steroid dienone is 2. The molecule has 0 heterocycles. The van der Waals surface area contributed by atoms with Crippen LogP contribution in [0.15, 0.2) is 30.4 Å². The quantitative estimate of drug-likeness (QED) is 0.669. The van der Waals surface area contributed by atoms with Crippen LogP contribution >= 0.6 is 0 Å². The third-order valence-electron chi connectivity index (χ3n) is 6.76. The van der Waals surface area contributed by atoms with Gasteiger partial charge in [0.2, 0.25) is 0 Å². The summed E-state index contributed by atoms with van der Waals surface area (Å²) in [4.78, 5) is 0. The molecule has 0 N–H and O–H groups in total. The van der Waals surface area contributed by atoms with Crippen molar-refractivity contribution in [1.29, 1.82) is 0 Å². The van der Waals surface area contributed by atoms with E-state index in [1.54, 1.807) is 11.1 Å². The summed E-state index contributed by atoms with van der Waals surface area (Å²) < 4.78 is 5.70. The zero-order valence-electron chi connectivity index (χ0n) is 14.0. The predicted molar refractivity (Wildman–Crippen MR) is 91.4 cm³/mol. The van der Waals surface area contributed by atoms with Crippen LogP contribution < -0.4 is 4.74 Å². The fourth-order valence-electron chi connectivity index (χ4n) is 5.68.